The number of aliphatic carboxylic acids is 1. The van der Waals surface area contributed by atoms with Crippen molar-refractivity contribution in [3.05, 3.63) is 29.6 Å². The lowest BCUT2D eigenvalue weighted by Gasteiger charge is -2.30. The zero-order chi connectivity index (χ0) is 19.5. The maximum absolute atomic E-state index is 14.2. The third kappa shape index (κ3) is 4.04. The van der Waals surface area contributed by atoms with Gasteiger partial charge in [-0.1, -0.05) is 13.8 Å². The first-order valence-corrected chi connectivity index (χ1v) is 9.98. The Morgan fingerprint density at radius 1 is 1.23 bits per heavy atom. The molecule has 0 atom stereocenters. The largest absolute Gasteiger partial charge is 0.481 e. The lowest BCUT2D eigenvalue weighted by molar-refractivity contribution is -0.143. The highest BCUT2D eigenvalue weighted by Gasteiger charge is 2.30. The molecule has 0 bridgehead atoms. The van der Waals surface area contributed by atoms with Crippen LogP contribution in [0.3, 0.4) is 0 Å². The van der Waals surface area contributed by atoms with Gasteiger partial charge in [-0.05, 0) is 31.0 Å². The Balaban J connectivity index is 2.28. The summed E-state index contributed by atoms with van der Waals surface area (Å²) in [5.41, 5.74) is -0.313. The average Bonchev–Trinajstić information content (AvgIpc) is 2.62. The quantitative estimate of drug-likeness (QED) is 0.804. The SMILES string of the molecule is CCN(CC)S(=O)(=O)c1ccc(F)c(C(=O)N2CCC(C(=O)O)CC2)c1. The van der Waals surface area contributed by atoms with Crippen molar-refractivity contribution in [3.8, 4) is 0 Å². The number of benzene rings is 1. The van der Waals surface area contributed by atoms with Crippen molar-refractivity contribution < 1.29 is 27.5 Å². The predicted octanol–water partition coefficient (Wildman–Crippen LogP) is 1.79. The Kier molecular flexibility index (Phi) is 6.35. The number of carboxylic acids is 1. The summed E-state index contributed by atoms with van der Waals surface area (Å²) in [6, 6.07) is 3.19. The minimum Gasteiger partial charge on any atom is -0.481 e. The zero-order valence-corrected chi connectivity index (χ0v) is 15.6. The fourth-order valence-electron chi connectivity index (χ4n) is 3.04. The van der Waals surface area contributed by atoms with Gasteiger partial charge in [-0.3, -0.25) is 9.59 Å². The average molecular weight is 386 g/mol. The summed E-state index contributed by atoms with van der Waals surface area (Å²) in [5, 5.41) is 9.01. The molecule has 1 aliphatic heterocycles. The first kappa shape index (κ1) is 20.3. The van der Waals surface area contributed by atoms with Crippen LogP contribution in [0.4, 0.5) is 4.39 Å². The van der Waals surface area contributed by atoms with E-state index in [2.05, 4.69) is 0 Å². The molecule has 9 heteroatoms. The topological polar surface area (TPSA) is 95.0 Å². The van der Waals surface area contributed by atoms with Crippen molar-refractivity contribution in [1.29, 1.82) is 0 Å². The number of carbonyl (C=O) groups excluding carboxylic acids is 1. The van der Waals surface area contributed by atoms with Crippen LogP contribution >= 0.6 is 0 Å². The first-order valence-electron chi connectivity index (χ1n) is 8.54. The number of hydrogen-bond acceptors (Lipinski definition) is 4. The maximum Gasteiger partial charge on any atom is 0.306 e. The molecule has 0 aliphatic carbocycles. The van der Waals surface area contributed by atoms with Gasteiger partial charge in [-0.15, -0.1) is 0 Å². The third-order valence-corrected chi connectivity index (χ3v) is 6.69. The van der Waals surface area contributed by atoms with Gasteiger partial charge in [-0.25, -0.2) is 12.8 Å². The molecule has 1 aliphatic rings. The predicted molar refractivity (Wildman–Crippen MR) is 92.8 cm³/mol. The minimum absolute atomic E-state index is 0.133. The number of likely N-dealkylation sites (tertiary alicyclic amines) is 1. The summed E-state index contributed by atoms with van der Waals surface area (Å²) in [4.78, 5) is 24.8. The van der Waals surface area contributed by atoms with E-state index < -0.39 is 33.6 Å². The van der Waals surface area contributed by atoms with Gasteiger partial charge in [-0.2, -0.15) is 4.31 Å². The number of carbonyl (C=O) groups is 2. The summed E-state index contributed by atoms with van der Waals surface area (Å²) in [6.45, 7) is 4.32. The minimum atomic E-state index is -3.81. The van der Waals surface area contributed by atoms with Crippen molar-refractivity contribution in [3.63, 3.8) is 0 Å². The van der Waals surface area contributed by atoms with Crippen molar-refractivity contribution >= 4 is 21.9 Å². The van der Waals surface area contributed by atoms with Gasteiger partial charge in [0.2, 0.25) is 10.0 Å². The molecular formula is C17H23FN2O5S. The van der Waals surface area contributed by atoms with Crippen molar-refractivity contribution in [2.75, 3.05) is 26.2 Å². The van der Waals surface area contributed by atoms with Crippen LogP contribution in [-0.4, -0.2) is 60.8 Å². The molecule has 7 nitrogen and oxygen atoms in total. The van der Waals surface area contributed by atoms with Crippen LogP contribution in [0.1, 0.15) is 37.0 Å². The lowest BCUT2D eigenvalue weighted by Crippen LogP contribution is -2.40. The molecule has 0 spiro atoms. The van der Waals surface area contributed by atoms with E-state index in [1.807, 2.05) is 0 Å². The second kappa shape index (κ2) is 8.13. The molecule has 1 fully saturated rings. The molecule has 2 rings (SSSR count). The molecule has 0 unspecified atom stereocenters. The maximum atomic E-state index is 14.2. The first-order chi connectivity index (χ1) is 12.2. The molecule has 26 heavy (non-hydrogen) atoms. The molecule has 0 saturated carbocycles. The van der Waals surface area contributed by atoms with Crippen molar-refractivity contribution in [2.24, 2.45) is 5.92 Å². The summed E-state index contributed by atoms with van der Waals surface area (Å²) in [5.74, 6) is -2.84. The molecule has 0 radical (unpaired) electrons. The van der Waals surface area contributed by atoms with E-state index in [-0.39, 0.29) is 36.6 Å². The van der Waals surface area contributed by atoms with E-state index in [1.54, 1.807) is 13.8 Å². The fraction of sp³-hybridized carbons (Fsp3) is 0.529. The smallest absolute Gasteiger partial charge is 0.306 e. The number of piperidine rings is 1. The normalized spacial score (nSPS) is 16.1. The van der Waals surface area contributed by atoms with Gasteiger partial charge in [0, 0.05) is 26.2 Å². The highest BCUT2D eigenvalue weighted by molar-refractivity contribution is 7.89. The van der Waals surface area contributed by atoms with E-state index >= 15 is 0 Å². The lowest BCUT2D eigenvalue weighted by atomic mass is 9.96. The van der Waals surface area contributed by atoms with E-state index in [9.17, 15) is 22.4 Å². The standard InChI is InChI=1S/C17H23FN2O5S/c1-3-20(4-2)26(24,25)13-5-6-15(18)14(11-13)16(21)19-9-7-12(8-10-19)17(22)23/h5-6,11-12H,3-4,7-10H2,1-2H3,(H,22,23). The van der Waals surface area contributed by atoms with Gasteiger partial charge in [0.25, 0.3) is 5.91 Å². The Labute approximate surface area is 152 Å². The summed E-state index contributed by atoms with van der Waals surface area (Å²) in [7, 11) is -3.81. The van der Waals surface area contributed by atoms with Gasteiger partial charge < -0.3 is 10.0 Å². The number of amides is 1. The zero-order valence-electron chi connectivity index (χ0n) is 14.8. The van der Waals surface area contributed by atoms with Crippen molar-refractivity contribution in [2.45, 2.75) is 31.6 Å². The Hall–Kier alpha value is -2.00. The van der Waals surface area contributed by atoms with Crippen LogP contribution in [0.2, 0.25) is 0 Å². The number of halogens is 1. The Bertz CT molecular complexity index is 784. The van der Waals surface area contributed by atoms with Gasteiger partial charge in [0.05, 0.1) is 16.4 Å². The van der Waals surface area contributed by atoms with Gasteiger partial charge in [0.15, 0.2) is 0 Å². The molecule has 144 valence electrons. The Morgan fingerprint density at radius 3 is 2.31 bits per heavy atom. The number of carboxylic acid groups (broad SMARTS) is 1. The van der Waals surface area contributed by atoms with Gasteiger partial charge in [0.1, 0.15) is 5.82 Å². The van der Waals surface area contributed by atoms with Gasteiger partial charge >= 0.3 is 5.97 Å². The van der Waals surface area contributed by atoms with Crippen LogP contribution in [-0.2, 0) is 14.8 Å². The van der Waals surface area contributed by atoms with Crippen LogP contribution in [0.25, 0.3) is 0 Å². The molecule has 1 heterocycles. The number of nitrogens with zero attached hydrogens (tertiary/aromatic N) is 2. The molecule has 1 amide bonds. The highest BCUT2D eigenvalue weighted by atomic mass is 32.2. The molecule has 1 aromatic carbocycles. The summed E-state index contributed by atoms with van der Waals surface area (Å²) >= 11 is 0. The van der Waals surface area contributed by atoms with E-state index in [4.69, 9.17) is 5.11 Å². The fourth-order valence-corrected chi connectivity index (χ4v) is 4.53. The van der Waals surface area contributed by atoms with Crippen LogP contribution < -0.4 is 0 Å². The van der Waals surface area contributed by atoms with Crippen LogP contribution in [0.5, 0.6) is 0 Å². The summed E-state index contributed by atoms with van der Waals surface area (Å²) < 4.78 is 40.6. The van der Waals surface area contributed by atoms with Crippen LogP contribution in [0.15, 0.2) is 23.1 Å². The Morgan fingerprint density at radius 2 is 1.81 bits per heavy atom. The molecular weight excluding hydrogens is 363 g/mol. The molecule has 1 aromatic rings. The number of sulfonamides is 1. The molecule has 1 saturated heterocycles. The van der Waals surface area contributed by atoms with Crippen LogP contribution in [0, 0.1) is 11.7 Å². The van der Waals surface area contributed by atoms with E-state index in [0.29, 0.717) is 12.8 Å². The second-order valence-corrected chi connectivity index (χ2v) is 8.07. The van der Waals surface area contributed by atoms with Crippen molar-refractivity contribution in [1.82, 2.24) is 9.21 Å². The number of rotatable bonds is 6. The van der Waals surface area contributed by atoms with E-state index in [1.165, 1.54) is 9.21 Å². The summed E-state index contributed by atoms with van der Waals surface area (Å²) in [6.07, 6.45) is 0.584. The number of hydrogen-bond donors (Lipinski definition) is 1. The molecule has 0 aromatic heterocycles. The second-order valence-electron chi connectivity index (χ2n) is 6.14. The monoisotopic (exact) mass is 386 g/mol. The van der Waals surface area contributed by atoms with E-state index in [0.717, 1.165) is 18.2 Å². The molecule has 1 N–H and O–H groups in total. The third-order valence-electron chi connectivity index (χ3n) is 4.64. The highest BCUT2D eigenvalue weighted by Crippen LogP contribution is 2.23.